The van der Waals surface area contributed by atoms with Crippen LogP contribution < -0.4 is 4.90 Å². The molecule has 0 spiro atoms. The van der Waals surface area contributed by atoms with Crippen LogP contribution in [0.15, 0.2) is 41.3 Å². The van der Waals surface area contributed by atoms with Crippen LogP contribution in [-0.2, 0) is 11.3 Å². The van der Waals surface area contributed by atoms with Crippen molar-refractivity contribution in [3.05, 3.63) is 36.9 Å². The lowest BCUT2D eigenvalue weighted by molar-refractivity contribution is 0.0259. The Kier molecular flexibility index (Phi) is 3.04. The topological polar surface area (TPSA) is 69.2 Å². The molecule has 0 unspecified atom stereocenters. The lowest BCUT2D eigenvalue weighted by Crippen LogP contribution is -2.44. The predicted octanol–water partition coefficient (Wildman–Crippen LogP) is 1.32. The molecule has 0 aliphatic carbocycles. The number of benzene rings is 1. The number of anilines is 1. The van der Waals surface area contributed by atoms with Gasteiger partial charge in [0.1, 0.15) is 18.2 Å². The van der Waals surface area contributed by atoms with Gasteiger partial charge in [0.05, 0.1) is 25.8 Å². The number of oxazole rings is 1. The normalized spacial score (nSPS) is 19.2. The van der Waals surface area contributed by atoms with Crippen LogP contribution in [0, 0.1) is 0 Å². The van der Waals surface area contributed by atoms with Gasteiger partial charge in [-0.1, -0.05) is 12.1 Å². The summed E-state index contributed by atoms with van der Waals surface area (Å²) in [5, 5.41) is 4.11. The van der Waals surface area contributed by atoms with Gasteiger partial charge in [-0.25, -0.2) is 4.98 Å². The van der Waals surface area contributed by atoms with Gasteiger partial charge < -0.3 is 14.1 Å². The Balaban J connectivity index is 1.52. The molecular weight excluding hydrogens is 270 g/mol. The minimum atomic E-state index is 0.0514. The van der Waals surface area contributed by atoms with Gasteiger partial charge in [0.2, 0.25) is 0 Å². The van der Waals surface area contributed by atoms with Crippen LogP contribution in [0.1, 0.15) is 0 Å². The Morgan fingerprint density at radius 3 is 3.10 bits per heavy atom. The first-order chi connectivity index (χ1) is 10.4. The minimum absolute atomic E-state index is 0.0514. The zero-order valence-electron chi connectivity index (χ0n) is 11.4. The molecule has 7 heteroatoms. The average molecular weight is 285 g/mol. The second kappa shape index (κ2) is 5.17. The first-order valence-corrected chi connectivity index (χ1v) is 6.93. The zero-order chi connectivity index (χ0) is 14.1. The molecule has 1 atom stereocenters. The van der Waals surface area contributed by atoms with Crippen LogP contribution >= 0.6 is 0 Å². The van der Waals surface area contributed by atoms with Crippen LogP contribution in [0.4, 0.5) is 6.01 Å². The maximum atomic E-state index is 5.82. The number of aromatic nitrogens is 4. The Morgan fingerprint density at radius 1 is 1.29 bits per heavy atom. The molecule has 2 aromatic heterocycles. The molecule has 1 aliphatic heterocycles. The molecule has 7 nitrogen and oxygen atoms in total. The molecule has 108 valence electrons. The van der Waals surface area contributed by atoms with E-state index in [2.05, 4.69) is 20.0 Å². The molecule has 0 bridgehead atoms. The van der Waals surface area contributed by atoms with Crippen LogP contribution in [0.25, 0.3) is 11.1 Å². The second-order valence-electron chi connectivity index (χ2n) is 5.02. The monoisotopic (exact) mass is 285 g/mol. The number of nitrogens with zero attached hydrogens (tertiary/aromatic N) is 5. The van der Waals surface area contributed by atoms with E-state index < -0.39 is 0 Å². The van der Waals surface area contributed by atoms with E-state index in [1.165, 1.54) is 6.33 Å². The molecule has 21 heavy (non-hydrogen) atoms. The van der Waals surface area contributed by atoms with E-state index in [-0.39, 0.29) is 6.10 Å². The fourth-order valence-corrected chi connectivity index (χ4v) is 2.53. The molecule has 1 aliphatic rings. The molecule has 1 aromatic carbocycles. The van der Waals surface area contributed by atoms with E-state index in [1.807, 2.05) is 24.3 Å². The van der Waals surface area contributed by atoms with Crippen molar-refractivity contribution >= 4 is 17.1 Å². The van der Waals surface area contributed by atoms with Gasteiger partial charge in [0, 0.05) is 6.54 Å². The fraction of sp³-hybridized carbons (Fsp3) is 0.357. The summed E-state index contributed by atoms with van der Waals surface area (Å²) in [6.45, 7) is 2.84. The number of fused-ring (bicyclic) bond motifs is 1. The van der Waals surface area contributed by atoms with Crippen molar-refractivity contribution in [3.63, 3.8) is 0 Å². The molecule has 3 aromatic rings. The highest BCUT2D eigenvalue weighted by molar-refractivity contribution is 5.74. The van der Waals surface area contributed by atoms with Crippen molar-refractivity contribution in [2.45, 2.75) is 12.6 Å². The van der Waals surface area contributed by atoms with Crippen LogP contribution in [-0.4, -0.2) is 45.5 Å². The molecule has 0 amide bonds. The van der Waals surface area contributed by atoms with Crippen LogP contribution in [0.5, 0.6) is 0 Å². The number of ether oxygens (including phenoxy) is 1. The molecule has 1 saturated heterocycles. The number of hydrogen-bond acceptors (Lipinski definition) is 6. The number of hydrogen-bond donors (Lipinski definition) is 0. The molecule has 4 rings (SSSR count). The Bertz CT molecular complexity index is 691. The molecule has 0 N–H and O–H groups in total. The van der Waals surface area contributed by atoms with Crippen LogP contribution in [0.2, 0.25) is 0 Å². The molecule has 0 radical (unpaired) electrons. The van der Waals surface area contributed by atoms with Gasteiger partial charge in [-0.2, -0.15) is 10.1 Å². The summed E-state index contributed by atoms with van der Waals surface area (Å²) >= 11 is 0. The summed E-state index contributed by atoms with van der Waals surface area (Å²) in [5.41, 5.74) is 1.69. The van der Waals surface area contributed by atoms with Crippen molar-refractivity contribution in [2.75, 3.05) is 24.6 Å². The number of morpholine rings is 1. The third kappa shape index (κ3) is 2.47. The largest absolute Gasteiger partial charge is 0.423 e. The van der Waals surface area contributed by atoms with E-state index in [0.717, 1.165) is 24.2 Å². The summed E-state index contributed by atoms with van der Waals surface area (Å²) in [7, 11) is 0. The van der Waals surface area contributed by atoms with E-state index in [1.54, 1.807) is 11.0 Å². The highest BCUT2D eigenvalue weighted by atomic mass is 16.5. The highest BCUT2D eigenvalue weighted by Gasteiger charge is 2.24. The van der Waals surface area contributed by atoms with E-state index >= 15 is 0 Å². The van der Waals surface area contributed by atoms with E-state index in [0.29, 0.717) is 19.2 Å². The third-order valence-electron chi connectivity index (χ3n) is 3.55. The molecule has 1 fully saturated rings. The summed E-state index contributed by atoms with van der Waals surface area (Å²) in [5.74, 6) is 0. The van der Waals surface area contributed by atoms with Gasteiger partial charge in [0.15, 0.2) is 5.58 Å². The standard InChI is InChI=1S/C14H15N5O2/c1-2-4-13-12(3-1)17-14(21-13)18-5-6-20-11(7-18)8-19-10-15-9-16-19/h1-4,9-11H,5-8H2/t11-/m1/s1. The fourth-order valence-electron chi connectivity index (χ4n) is 2.53. The number of rotatable bonds is 3. The first-order valence-electron chi connectivity index (χ1n) is 6.93. The van der Waals surface area contributed by atoms with Crippen molar-refractivity contribution in [2.24, 2.45) is 0 Å². The third-order valence-corrected chi connectivity index (χ3v) is 3.55. The van der Waals surface area contributed by atoms with Gasteiger partial charge in [-0.3, -0.25) is 4.68 Å². The SMILES string of the molecule is c1ccc2oc(N3CCO[C@@H](Cn4cncn4)C3)nc2c1. The summed E-state index contributed by atoms with van der Waals surface area (Å²) in [4.78, 5) is 10.6. The van der Waals surface area contributed by atoms with Gasteiger partial charge >= 0.3 is 0 Å². The molecule has 0 saturated carbocycles. The van der Waals surface area contributed by atoms with Crippen molar-refractivity contribution in [3.8, 4) is 0 Å². The Labute approximate surface area is 121 Å². The van der Waals surface area contributed by atoms with Gasteiger partial charge in [-0.15, -0.1) is 0 Å². The predicted molar refractivity (Wildman–Crippen MR) is 76.0 cm³/mol. The zero-order valence-corrected chi connectivity index (χ0v) is 11.4. The Morgan fingerprint density at radius 2 is 2.24 bits per heavy atom. The smallest absolute Gasteiger partial charge is 0.298 e. The van der Waals surface area contributed by atoms with Crippen molar-refractivity contribution < 1.29 is 9.15 Å². The Hall–Kier alpha value is -2.41. The molecule has 3 heterocycles. The lowest BCUT2D eigenvalue weighted by Gasteiger charge is -2.31. The summed E-state index contributed by atoms with van der Waals surface area (Å²) in [6.07, 6.45) is 3.28. The summed E-state index contributed by atoms with van der Waals surface area (Å²) < 4.78 is 13.4. The first kappa shape index (κ1) is 12.3. The number of para-hydroxylation sites is 2. The van der Waals surface area contributed by atoms with Gasteiger partial charge in [0.25, 0.3) is 6.01 Å². The lowest BCUT2D eigenvalue weighted by atomic mass is 10.3. The van der Waals surface area contributed by atoms with Gasteiger partial charge in [-0.05, 0) is 12.1 Å². The highest BCUT2D eigenvalue weighted by Crippen LogP contribution is 2.23. The van der Waals surface area contributed by atoms with E-state index in [4.69, 9.17) is 9.15 Å². The van der Waals surface area contributed by atoms with E-state index in [9.17, 15) is 0 Å². The molecular formula is C14H15N5O2. The van der Waals surface area contributed by atoms with Crippen LogP contribution in [0.3, 0.4) is 0 Å². The quantitative estimate of drug-likeness (QED) is 0.723. The second-order valence-corrected chi connectivity index (χ2v) is 5.02. The minimum Gasteiger partial charge on any atom is -0.423 e. The van der Waals surface area contributed by atoms with Crippen molar-refractivity contribution in [1.29, 1.82) is 0 Å². The average Bonchev–Trinajstić information content (AvgIpc) is 3.16. The maximum Gasteiger partial charge on any atom is 0.298 e. The maximum absolute atomic E-state index is 5.82. The van der Waals surface area contributed by atoms with Crippen molar-refractivity contribution in [1.82, 2.24) is 19.7 Å². The summed E-state index contributed by atoms with van der Waals surface area (Å²) in [6, 6.07) is 8.45.